The van der Waals surface area contributed by atoms with E-state index in [1.807, 2.05) is 0 Å². The number of hydrogen-bond acceptors (Lipinski definition) is 33. The van der Waals surface area contributed by atoms with Gasteiger partial charge in [0.1, 0.15) is 61.2 Å². The average molecular weight is 1160 g/mol. The predicted molar refractivity (Wildman–Crippen MR) is 237 cm³/mol. The van der Waals surface area contributed by atoms with Crippen LogP contribution in [0.15, 0.2) is 34.9 Å². The lowest BCUT2D eigenvalue weighted by molar-refractivity contribution is -0.746. The van der Waals surface area contributed by atoms with E-state index in [1.54, 1.807) is 0 Å². The zero-order valence-corrected chi connectivity index (χ0v) is 42.6. The summed E-state index contributed by atoms with van der Waals surface area (Å²) >= 11 is 0. The zero-order chi connectivity index (χ0) is 55.2. The molecule has 0 aliphatic carbocycles. The maximum absolute atomic E-state index is 13.6. The van der Waals surface area contributed by atoms with Gasteiger partial charge < -0.3 is 93.9 Å². The molecule has 0 amide bonds. The fourth-order valence-corrected chi connectivity index (χ4v) is 12.3. The van der Waals surface area contributed by atoms with E-state index in [0.717, 1.165) is 46.9 Å². The molecule has 6 aromatic heterocycles. The van der Waals surface area contributed by atoms with Crippen molar-refractivity contribution in [3.63, 3.8) is 0 Å². The van der Waals surface area contributed by atoms with Crippen LogP contribution in [0.25, 0.3) is 33.5 Å². The van der Waals surface area contributed by atoms with Gasteiger partial charge in [-0.25, -0.2) is 33.1 Å². The third-order valence-corrected chi connectivity index (χ3v) is 16.2. The van der Waals surface area contributed by atoms with Gasteiger partial charge in [-0.2, -0.15) is 4.98 Å². The van der Waals surface area contributed by atoms with Crippen molar-refractivity contribution in [3.05, 3.63) is 46.0 Å². The van der Waals surface area contributed by atoms with E-state index in [2.05, 4.69) is 53.0 Å². The molecule has 11 N–H and O–H groups in total. The molecule has 6 unspecified atom stereocenters. The first kappa shape index (κ1) is 57.0. The standard InChI is InChI=1S/C33H47N15O24P4/c1-45-12-48(27-19(45)29(53)44-33(36)42-27)16(4-49)67-13(5-62-2)6-64-74(56,57)71-76(60,61)72-75(58,59)66-8-15-22(23(63-3)31(69-15)46-10-39-17-24(34)37-9-38-25(17)46)70-73(54,55)65-7-14-20(50)21(51)30(68-14)47-11-40-18-26(47)41-32(35)43-28(18)52/h9-16,20-23,30-31,49-51H,4-8H2,1-3H3,(H11-,34,35,36,37,38,41,42,43,44,52,53,54,55,56,57,58,59,60,61)/p-3/t13-,14+,15+,16+,20-,21?,22-,23?,30+,31+/m0/s1. The fourth-order valence-electron chi connectivity index (χ4n) is 7.93. The molecule has 14 atom stereocenters. The van der Waals surface area contributed by atoms with E-state index < -0.39 is 137 Å². The number of phosphoric ester groups is 3. The molecule has 39 nitrogen and oxygen atoms in total. The molecule has 8 heterocycles. The number of aliphatic hydroxyl groups is 3. The first-order valence-corrected chi connectivity index (χ1v) is 27.2. The minimum atomic E-state index is -6.56. The Bertz CT molecular complexity index is 3410. The van der Waals surface area contributed by atoms with Gasteiger partial charge in [-0.1, -0.05) is 4.98 Å². The van der Waals surface area contributed by atoms with Gasteiger partial charge in [-0.05, 0) is 0 Å². The molecule has 2 aliphatic rings. The number of methoxy groups -OCH3 is 2. The molecule has 0 aromatic carbocycles. The van der Waals surface area contributed by atoms with Gasteiger partial charge in [0.15, 0.2) is 41.4 Å². The van der Waals surface area contributed by atoms with Crippen molar-refractivity contribution in [2.24, 2.45) is 7.05 Å². The van der Waals surface area contributed by atoms with E-state index in [1.165, 1.54) is 17.9 Å². The number of H-pyrrole nitrogens is 2. The second kappa shape index (κ2) is 22.3. The van der Waals surface area contributed by atoms with Crippen molar-refractivity contribution in [2.75, 3.05) is 64.5 Å². The molecule has 0 bridgehead atoms. The average Bonchev–Trinajstić information content (AvgIpc) is 4.15. The van der Waals surface area contributed by atoms with Crippen molar-refractivity contribution in [2.45, 2.75) is 61.4 Å². The Morgan fingerprint density at radius 3 is 2.07 bits per heavy atom. The lowest BCUT2D eigenvalue weighted by Crippen LogP contribution is -2.46. The number of nitrogens with two attached hydrogens (primary N) is 3. The normalized spacial score (nSPS) is 26.1. The molecule has 418 valence electrons. The van der Waals surface area contributed by atoms with Gasteiger partial charge in [0, 0.05) is 14.2 Å². The van der Waals surface area contributed by atoms with E-state index in [-0.39, 0.29) is 51.2 Å². The minimum absolute atomic E-state index is 0.00554. The maximum Gasteiger partial charge on any atom is 0.313 e. The summed E-state index contributed by atoms with van der Waals surface area (Å²) in [5, 5.41) is 31.8. The second-order valence-corrected chi connectivity index (χ2v) is 22.1. The third-order valence-electron chi connectivity index (χ3n) is 11.1. The smallest absolute Gasteiger partial charge is 0.313 e. The van der Waals surface area contributed by atoms with Crippen LogP contribution in [-0.4, -0.2) is 159 Å². The van der Waals surface area contributed by atoms with Gasteiger partial charge >= 0.3 is 5.65 Å². The van der Waals surface area contributed by atoms with Crippen molar-refractivity contribution in [1.29, 1.82) is 0 Å². The number of nitrogens with one attached hydrogen (secondary N) is 2. The van der Waals surface area contributed by atoms with Crippen LogP contribution in [0, 0.1) is 0 Å². The predicted octanol–water partition coefficient (Wildman–Crippen LogP) is -6.34. The van der Waals surface area contributed by atoms with Crippen LogP contribution in [0.5, 0.6) is 0 Å². The van der Waals surface area contributed by atoms with E-state index in [4.69, 9.17) is 54.5 Å². The maximum atomic E-state index is 13.6. The Balaban J connectivity index is 0.937. The number of nitrogens with zero attached hydrogens (tertiary/aromatic N) is 10. The van der Waals surface area contributed by atoms with Gasteiger partial charge in [-0.3, -0.25) is 51.5 Å². The molecule has 2 saturated heterocycles. The van der Waals surface area contributed by atoms with Crippen LogP contribution in [0.2, 0.25) is 0 Å². The Hall–Kier alpha value is -5.15. The van der Waals surface area contributed by atoms with Gasteiger partial charge in [0.25, 0.3) is 48.4 Å². The summed E-state index contributed by atoms with van der Waals surface area (Å²) in [4.78, 5) is 105. The second-order valence-electron chi connectivity index (χ2n) is 16.2. The van der Waals surface area contributed by atoms with Gasteiger partial charge in [0.05, 0.1) is 46.1 Å². The molecule has 76 heavy (non-hydrogen) atoms. The number of rotatable bonds is 24. The number of ether oxygens (including phenoxy) is 5. The highest BCUT2D eigenvalue weighted by atomic mass is 31.3. The number of nitrogen functional groups attached to an aromatic ring is 3. The topological polar surface area (TPSA) is 563 Å². The first-order chi connectivity index (χ1) is 35.7. The van der Waals surface area contributed by atoms with E-state index >= 15 is 0 Å². The molecule has 43 heteroatoms. The van der Waals surface area contributed by atoms with Gasteiger partial charge in [0.2, 0.25) is 17.7 Å². The van der Waals surface area contributed by atoms with Crippen molar-refractivity contribution in [3.8, 4) is 0 Å². The number of aromatic amines is 2. The Kier molecular flexibility index (Phi) is 16.7. The summed E-state index contributed by atoms with van der Waals surface area (Å²) < 4.78 is 112. The molecular weight excluding hydrogens is 1110 g/mol. The number of aliphatic hydroxyl groups excluding tert-OH is 3. The number of anilines is 3. The van der Waals surface area contributed by atoms with Crippen molar-refractivity contribution >= 4 is 82.5 Å². The molecule has 0 radical (unpaired) electrons. The fraction of sp³-hybridized carbons (Fsp3) is 0.545. The molecular formula is C33H44N15O24P4-3. The number of aryl methyl sites for hydroxylation is 1. The summed E-state index contributed by atoms with van der Waals surface area (Å²) in [6, 6.07) is 0. The highest BCUT2D eigenvalue weighted by Crippen LogP contribution is 2.63. The number of phosphoric acid groups is 4. The van der Waals surface area contributed by atoms with Crippen LogP contribution in [-0.2, 0) is 75.7 Å². The number of imidazole rings is 3. The summed E-state index contributed by atoms with van der Waals surface area (Å²) in [7, 11) is -21.0. The Morgan fingerprint density at radius 2 is 1.38 bits per heavy atom. The molecule has 8 rings (SSSR count). The highest BCUT2D eigenvalue weighted by Gasteiger charge is 2.51. The van der Waals surface area contributed by atoms with E-state index in [0.29, 0.717) is 0 Å². The molecule has 6 aromatic rings. The van der Waals surface area contributed by atoms with E-state index in [9.17, 15) is 62.7 Å². The SMILES string of the molecule is COC[C@@H](COP(=O)([O-])OP(=O)([O-])OP(=O)([O-])OC[C@H]1O[C@@H](n2cnc3c(N)ncnc32)C(OC)[C@H]1OP(=O)([O-])OC[C@H]1O[C@@H](n2cnc3c(=O)[nH]c(N)nc32)C(O)[C@H]1O)O[C@H](CO)[n+]1cn(C)c2c(=O)[nH]c(N)nc21. The van der Waals surface area contributed by atoms with Crippen LogP contribution in [0.1, 0.15) is 18.7 Å². The highest BCUT2D eigenvalue weighted by molar-refractivity contribution is 7.65. The number of aromatic nitrogens is 12. The van der Waals surface area contributed by atoms with Crippen molar-refractivity contribution < 1.29 is 108 Å². The van der Waals surface area contributed by atoms with Crippen LogP contribution in [0.4, 0.5) is 17.7 Å². The largest absolute Gasteiger partial charge is 0.756 e. The number of fused-ring (bicyclic) bond motifs is 3. The molecule has 2 fully saturated rings. The summed E-state index contributed by atoms with van der Waals surface area (Å²) in [6.07, 6.45) is -12.4. The zero-order valence-electron chi connectivity index (χ0n) is 39.0. The third kappa shape index (κ3) is 12.3. The quantitative estimate of drug-likeness (QED) is 0.0206. The molecule has 0 saturated carbocycles. The summed E-state index contributed by atoms with van der Waals surface area (Å²) in [6.45, 7) is -4.85. The Labute approximate surface area is 422 Å². The van der Waals surface area contributed by atoms with Crippen molar-refractivity contribution in [1.82, 2.24) is 53.6 Å². The lowest BCUT2D eigenvalue weighted by Gasteiger charge is -2.35. The summed E-state index contributed by atoms with van der Waals surface area (Å²) in [5.74, 6) is -0.740. The lowest BCUT2D eigenvalue weighted by atomic mass is 10.1. The van der Waals surface area contributed by atoms with Crippen LogP contribution in [0.3, 0.4) is 0 Å². The monoisotopic (exact) mass is 1160 g/mol. The molecule has 2 aliphatic heterocycles. The van der Waals surface area contributed by atoms with Crippen LogP contribution < -0.4 is 52.5 Å². The molecule has 0 spiro atoms. The minimum Gasteiger partial charge on any atom is -0.756 e. The van der Waals surface area contributed by atoms with Crippen LogP contribution >= 0.6 is 31.3 Å². The first-order valence-electron chi connectivity index (χ1n) is 21.4. The number of hydrogen-bond donors (Lipinski definition) is 8. The Morgan fingerprint density at radius 1 is 0.763 bits per heavy atom. The van der Waals surface area contributed by atoms with Gasteiger partial charge in [-0.15, -0.1) is 0 Å². The summed E-state index contributed by atoms with van der Waals surface area (Å²) in [5.41, 5.74) is 15.3.